The number of nitrogens with one attached hydrogen (secondary N) is 1. The van der Waals surface area contributed by atoms with Gasteiger partial charge < -0.3 is 15.0 Å². The second-order valence-corrected chi connectivity index (χ2v) is 6.57. The first-order chi connectivity index (χ1) is 13.1. The van der Waals surface area contributed by atoms with Crippen LogP contribution in [0.3, 0.4) is 0 Å². The van der Waals surface area contributed by atoms with Crippen molar-refractivity contribution < 1.29 is 14.3 Å². The summed E-state index contributed by atoms with van der Waals surface area (Å²) in [5.74, 6) is 5.95. The first-order valence-corrected chi connectivity index (χ1v) is 8.91. The number of methoxy groups -OCH3 is 1. The van der Waals surface area contributed by atoms with Gasteiger partial charge in [0, 0.05) is 29.2 Å². The summed E-state index contributed by atoms with van der Waals surface area (Å²) in [6.07, 6.45) is 0.194. The van der Waals surface area contributed by atoms with Gasteiger partial charge in [-0.1, -0.05) is 29.5 Å². The van der Waals surface area contributed by atoms with Crippen LogP contribution in [0.5, 0.6) is 5.75 Å². The van der Waals surface area contributed by atoms with E-state index in [2.05, 4.69) is 17.2 Å². The number of rotatable bonds is 4. The third-order valence-electron chi connectivity index (χ3n) is 4.29. The molecule has 0 aliphatic carbocycles. The molecule has 1 saturated heterocycles. The van der Waals surface area contributed by atoms with Gasteiger partial charge in [-0.15, -0.1) is 0 Å². The maximum Gasteiger partial charge on any atom is 0.227 e. The minimum Gasteiger partial charge on any atom is -0.497 e. The van der Waals surface area contributed by atoms with E-state index in [0.717, 1.165) is 17.0 Å². The minimum atomic E-state index is -0.382. The van der Waals surface area contributed by atoms with E-state index in [1.807, 2.05) is 24.3 Å². The van der Waals surface area contributed by atoms with Gasteiger partial charge in [-0.25, -0.2) is 0 Å². The molecule has 1 atom stereocenters. The maximum atomic E-state index is 12.3. The highest BCUT2D eigenvalue weighted by atomic mass is 35.5. The zero-order chi connectivity index (χ0) is 19.2. The number of hydrogen-bond donors (Lipinski definition) is 1. The van der Waals surface area contributed by atoms with Gasteiger partial charge in [-0.3, -0.25) is 9.59 Å². The summed E-state index contributed by atoms with van der Waals surface area (Å²) in [6, 6.07) is 14.4. The lowest BCUT2D eigenvalue weighted by Crippen LogP contribution is -2.33. The molecular weight excluding hydrogens is 364 g/mol. The molecule has 0 spiro atoms. The van der Waals surface area contributed by atoms with E-state index >= 15 is 0 Å². The number of ether oxygens (including phenoxy) is 1. The molecule has 1 aliphatic heterocycles. The SMILES string of the molecule is COc1ccc(N2CC(C(=O)NCC#Cc3cccc(Cl)c3)CC2=O)cc1. The van der Waals surface area contributed by atoms with Gasteiger partial charge in [0.15, 0.2) is 0 Å². The summed E-state index contributed by atoms with van der Waals surface area (Å²) in [5, 5.41) is 3.40. The van der Waals surface area contributed by atoms with Crippen LogP contribution < -0.4 is 15.0 Å². The van der Waals surface area contributed by atoms with E-state index in [1.165, 1.54) is 0 Å². The Morgan fingerprint density at radius 2 is 2.07 bits per heavy atom. The third kappa shape index (κ3) is 4.81. The molecule has 2 amide bonds. The Balaban J connectivity index is 1.54. The fraction of sp³-hybridized carbons (Fsp3) is 0.238. The van der Waals surface area contributed by atoms with Gasteiger partial charge in [0.1, 0.15) is 5.75 Å². The molecule has 6 heteroatoms. The lowest BCUT2D eigenvalue weighted by atomic mass is 10.1. The number of halogens is 1. The summed E-state index contributed by atoms with van der Waals surface area (Å²) in [4.78, 5) is 26.2. The van der Waals surface area contributed by atoms with Crippen LogP contribution in [-0.2, 0) is 9.59 Å². The van der Waals surface area contributed by atoms with E-state index in [1.54, 1.807) is 36.3 Å². The van der Waals surface area contributed by atoms with Crippen molar-refractivity contribution in [3.8, 4) is 17.6 Å². The number of hydrogen-bond acceptors (Lipinski definition) is 3. The molecule has 2 aromatic carbocycles. The molecule has 3 rings (SSSR count). The smallest absolute Gasteiger partial charge is 0.227 e. The fourth-order valence-corrected chi connectivity index (χ4v) is 3.07. The Labute approximate surface area is 163 Å². The van der Waals surface area contributed by atoms with E-state index in [9.17, 15) is 9.59 Å². The Morgan fingerprint density at radius 1 is 1.30 bits per heavy atom. The van der Waals surface area contributed by atoms with Crippen LogP contribution in [0, 0.1) is 17.8 Å². The number of carbonyl (C=O) groups is 2. The number of benzene rings is 2. The van der Waals surface area contributed by atoms with Gasteiger partial charge in [0.05, 0.1) is 19.6 Å². The molecule has 0 bridgehead atoms. The highest BCUT2D eigenvalue weighted by molar-refractivity contribution is 6.30. The van der Waals surface area contributed by atoms with Crippen LogP contribution >= 0.6 is 11.6 Å². The van der Waals surface area contributed by atoms with Gasteiger partial charge in [-0.05, 0) is 42.5 Å². The molecule has 27 heavy (non-hydrogen) atoms. The molecule has 0 saturated carbocycles. The van der Waals surface area contributed by atoms with Crippen molar-refractivity contribution in [2.75, 3.05) is 25.1 Å². The van der Waals surface area contributed by atoms with Crippen LogP contribution in [0.15, 0.2) is 48.5 Å². The first-order valence-electron chi connectivity index (χ1n) is 8.53. The standard InChI is InChI=1S/C21H19ClN2O3/c1-27-19-9-7-18(8-10-19)24-14-16(13-20(24)25)21(26)23-11-3-5-15-4-2-6-17(22)12-15/h2,4,6-10,12,16H,11,13-14H2,1H3,(H,23,26). The van der Waals surface area contributed by atoms with Crippen molar-refractivity contribution in [2.24, 2.45) is 5.92 Å². The lowest BCUT2D eigenvalue weighted by molar-refractivity contribution is -0.126. The molecule has 2 aromatic rings. The summed E-state index contributed by atoms with van der Waals surface area (Å²) in [6.45, 7) is 0.581. The molecule has 1 heterocycles. The maximum absolute atomic E-state index is 12.3. The van der Waals surface area contributed by atoms with Crippen molar-refractivity contribution in [3.05, 3.63) is 59.1 Å². The quantitative estimate of drug-likeness (QED) is 0.827. The van der Waals surface area contributed by atoms with Crippen molar-refractivity contribution in [1.29, 1.82) is 0 Å². The molecule has 1 unspecified atom stereocenters. The minimum absolute atomic E-state index is 0.0645. The molecule has 5 nitrogen and oxygen atoms in total. The highest BCUT2D eigenvalue weighted by Gasteiger charge is 2.34. The number of amides is 2. The van der Waals surface area contributed by atoms with Crippen molar-refractivity contribution in [1.82, 2.24) is 5.32 Å². The second kappa shape index (κ2) is 8.61. The van der Waals surface area contributed by atoms with Gasteiger partial charge in [0.2, 0.25) is 11.8 Å². The van der Waals surface area contributed by atoms with Crippen LogP contribution in [0.2, 0.25) is 5.02 Å². The fourth-order valence-electron chi connectivity index (χ4n) is 2.88. The number of anilines is 1. The van der Waals surface area contributed by atoms with Gasteiger partial charge in [-0.2, -0.15) is 0 Å². The van der Waals surface area contributed by atoms with E-state index in [0.29, 0.717) is 11.6 Å². The van der Waals surface area contributed by atoms with E-state index < -0.39 is 0 Å². The van der Waals surface area contributed by atoms with E-state index in [4.69, 9.17) is 16.3 Å². The zero-order valence-electron chi connectivity index (χ0n) is 14.9. The molecule has 1 N–H and O–H groups in total. The number of carbonyl (C=O) groups excluding carboxylic acids is 2. The normalized spacial score (nSPS) is 15.9. The molecular formula is C21H19ClN2O3. The average Bonchev–Trinajstić information content (AvgIpc) is 3.07. The zero-order valence-corrected chi connectivity index (χ0v) is 15.6. The van der Waals surface area contributed by atoms with E-state index in [-0.39, 0.29) is 30.7 Å². The predicted molar refractivity (Wildman–Crippen MR) is 105 cm³/mol. The monoisotopic (exact) mass is 382 g/mol. The Hall–Kier alpha value is -2.97. The Kier molecular flexibility index (Phi) is 6.00. The van der Waals surface area contributed by atoms with Gasteiger partial charge >= 0.3 is 0 Å². The topological polar surface area (TPSA) is 58.6 Å². The van der Waals surface area contributed by atoms with Crippen LogP contribution in [0.4, 0.5) is 5.69 Å². The summed E-state index contributed by atoms with van der Waals surface area (Å²) < 4.78 is 5.12. The highest BCUT2D eigenvalue weighted by Crippen LogP contribution is 2.26. The molecule has 0 radical (unpaired) electrons. The Bertz CT molecular complexity index is 900. The molecule has 0 aromatic heterocycles. The number of nitrogens with zero attached hydrogens (tertiary/aromatic N) is 1. The second-order valence-electron chi connectivity index (χ2n) is 6.13. The lowest BCUT2D eigenvalue weighted by Gasteiger charge is -2.16. The summed E-state index contributed by atoms with van der Waals surface area (Å²) >= 11 is 5.91. The predicted octanol–water partition coefficient (Wildman–Crippen LogP) is 2.87. The molecule has 138 valence electrons. The first kappa shape index (κ1) is 18.8. The van der Waals surface area contributed by atoms with Crippen molar-refractivity contribution in [3.63, 3.8) is 0 Å². The van der Waals surface area contributed by atoms with Crippen LogP contribution in [0.1, 0.15) is 12.0 Å². The molecule has 1 fully saturated rings. The van der Waals surface area contributed by atoms with Crippen molar-refractivity contribution >= 4 is 29.1 Å². The Morgan fingerprint density at radius 3 is 2.78 bits per heavy atom. The third-order valence-corrected chi connectivity index (χ3v) is 4.52. The summed E-state index contributed by atoms with van der Waals surface area (Å²) in [7, 11) is 1.59. The van der Waals surface area contributed by atoms with Gasteiger partial charge in [0.25, 0.3) is 0 Å². The molecule has 1 aliphatic rings. The van der Waals surface area contributed by atoms with Crippen molar-refractivity contribution in [2.45, 2.75) is 6.42 Å². The van der Waals surface area contributed by atoms with Crippen LogP contribution in [-0.4, -0.2) is 32.0 Å². The van der Waals surface area contributed by atoms with Crippen LogP contribution in [0.25, 0.3) is 0 Å². The summed E-state index contributed by atoms with van der Waals surface area (Å²) in [5.41, 5.74) is 1.55. The average molecular weight is 383 g/mol. The largest absolute Gasteiger partial charge is 0.497 e.